The van der Waals surface area contributed by atoms with Gasteiger partial charge in [-0.1, -0.05) is 48.5 Å². The lowest BCUT2D eigenvalue weighted by Crippen LogP contribution is -1.90. The van der Waals surface area contributed by atoms with Gasteiger partial charge in [0.15, 0.2) is 0 Å². The van der Waals surface area contributed by atoms with Crippen molar-refractivity contribution in [2.24, 2.45) is 0 Å². The van der Waals surface area contributed by atoms with Gasteiger partial charge in [-0.2, -0.15) is 0 Å². The summed E-state index contributed by atoms with van der Waals surface area (Å²) in [5, 5.41) is 0. The second-order valence-electron chi connectivity index (χ2n) is 4.14. The summed E-state index contributed by atoms with van der Waals surface area (Å²) < 4.78 is 5.85. The Kier molecular flexibility index (Phi) is 3.24. The molecule has 0 saturated carbocycles. The van der Waals surface area contributed by atoms with E-state index in [0.717, 1.165) is 16.9 Å². The van der Waals surface area contributed by atoms with E-state index in [2.05, 4.69) is 17.1 Å². The molecular weight excluding hydrogens is 234 g/mol. The van der Waals surface area contributed by atoms with Crippen molar-refractivity contribution < 1.29 is 4.74 Å². The van der Waals surface area contributed by atoms with Crippen LogP contribution >= 0.6 is 0 Å². The number of pyridine rings is 1. The zero-order valence-corrected chi connectivity index (χ0v) is 10.4. The number of nitrogens with zero attached hydrogens (tertiary/aromatic N) is 1. The maximum Gasteiger partial charge on any atom is 0.227 e. The number of aromatic nitrogens is 1. The molecule has 0 fully saturated rings. The molecule has 2 nitrogen and oxygen atoms in total. The van der Waals surface area contributed by atoms with E-state index in [4.69, 9.17) is 4.74 Å². The topological polar surface area (TPSA) is 22.1 Å². The van der Waals surface area contributed by atoms with E-state index in [1.165, 1.54) is 0 Å². The van der Waals surface area contributed by atoms with Crippen LogP contribution in [0.15, 0.2) is 79.0 Å². The zero-order chi connectivity index (χ0) is 12.9. The van der Waals surface area contributed by atoms with E-state index >= 15 is 0 Å². The van der Waals surface area contributed by atoms with E-state index in [9.17, 15) is 0 Å². The Morgan fingerprint density at radius 1 is 0.684 bits per heavy atom. The van der Waals surface area contributed by atoms with Gasteiger partial charge < -0.3 is 4.74 Å². The van der Waals surface area contributed by atoms with E-state index < -0.39 is 0 Å². The molecule has 0 unspecified atom stereocenters. The molecule has 0 saturated heterocycles. The Bertz CT molecular complexity index is 650. The molecule has 3 rings (SSSR count). The van der Waals surface area contributed by atoms with Gasteiger partial charge >= 0.3 is 0 Å². The lowest BCUT2D eigenvalue weighted by molar-refractivity contribution is 0.465. The summed E-state index contributed by atoms with van der Waals surface area (Å²) in [5.74, 6) is 1.42. The molecule has 19 heavy (non-hydrogen) atoms. The molecule has 0 bridgehead atoms. The third kappa shape index (κ3) is 2.63. The van der Waals surface area contributed by atoms with Gasteiger partial charge in [-0.15, -0.1) is 0 Å². The highest BCUT2D eigenvalue weighted by molar-refractivity contribution is 5.68. The minimum Gasteiger partial charge on any atom is -0.438 e. The molecule has 0 aliphatic rings. The SMILES string of the molecule is c1ccc(Oc2ncccc2-c2ccccc2)cc1. The van der Waals surface area contributed by atoms with Gasteiger partial charge in [-0.3, -0.25) is 0 Å². The maximum absolute atomic E-state index is 5.85. The molecule has 0 aliphatic carbocycles. The van der Waals surface area contributed by atoms with E-state index in [-0.39, 0.29) is 0 Å². The molecule has 1 heterocycles. The van der Waals surface area contributed by atoms with Gasteiger partial charge in [-0.05, 0) is 29.8 Å². The Morgan fingerprint density at radius 2 is 1.37 bits per heavy atom. The normalized spacial score (nSPS) is 10.1. The Morgan fingerprint density at radius 3 is 2.11 bits per heavy atom. The molecule has 2 aromatic carbocycles. The van der Waals surface area contributed by atoms with Crippen molar-refractivity contribution in [3.8, 4) is 22.8 Å². The molecule has 0 amide bonds. The standard InChI is InChI=1S/C17H13NO/c1-3-8-14(9-4-1)16-12-7-13-18-17(16)19-15-10-5-2-6-11-15/h1-13H. The molecule has 0 atom stereocenters. The first-order valence-corrected chi connectivity index (χ1v) is 6.17. The van der Waals surface area contributed by atoms with Gasteiger partial charge in [0.1, 0.15) is 5.75 Å². The predicted molar refractivity (Wildman–Crippen MR) is 76.2 cm³/mol. The van der Waals surface area contributed by atoms with Crippen molar-refractivity contribution in [2.45, 2.75) is 0 Å². The summed E-state index contributed by atoms with van der Waals surface area (Å²) in [6.07, 6.45) is 1.74. The van der Waals surface area contributed by atoms with Crippen molar-refractivity contribution in [3.05, 3.63) is 79.0 Å². The van der Waals surface area contributed by atoms with E-state index in [1.807, 2.05) is 60.7 Å². The minimum atomic E-state index is 0.625. The van der Waals surface area contributed by atoms with Crippen LogP contribution < -0.4 is 4.74 Å². The Hall–Kier alpha value is -2.61. The monoisotopic (exact) mass is 247 g/mol. The highest BCUT2D eigenvalue weighted by Crippen LogP contribution is 2.30. The van der Waals surface area contributed by atoms with Crippen LogP contribution in [0.25, 0.3) is 11.1 Å². The van der Waals surface area contributed by atoms with Crippen molar-refractivity contribution >= 4 is 0 Å². The molecule has 0 N–H and O–H groups in total. The van der Waals surface area contributed by atoms with Gasteiger partial charge in [0.05, 0.1) is 0 Å². The highest BCUT2D eigenvalue weighted by Gasteiger charge is 2.07. The lowest BCUT2D eigenvalue weighted by Gasteiger charge is -2.09. The molecule has 0 spiro atoms. The molecular formula is C17H13NO. The first-order chi connectivity index (χ1) is 9.43. The number of hydrogen-bond donors (Lipinski definition) is 0. The van der Waals surface area contributed by atoms with Gasteiger partial charge in [0.2, 0.25) is 5.88 Å². The van der Waals surface area contributed by atoms with Crippen LogP contribution in [0, 0.1) is 0 Å². The minimum absolute atomic E-state index is 0.625. The fraction of sp³-hybridized carbons (Fsp3) is 0. The summed E-state index contributed by atoms with van der Waals surface area (Å²) in [7, 11) is 0. The molecule has 92 valence electrons. The van der Waals surface area contributed by atoms with Crippen LogP contribution in [0.3, 0.4) is 0 Å². The van der Waals surface area contributed by atoms with Crippen molar-refractivity contribution in [1.82, 2.24) is 4.98 Å². The van der Waals surface area contributed by atoms with Gasteiger partial charge in [0.25, 0.3) is 0 Å². The maximum atomic E-state index is 5.85. The fourth-order valence-corrected chi connectivity index (χ4v) is 1.91. The largest absolute Gasteiger partial charge is 0.438 e. The number of para-hydroxylation sites is 1. The summed E-state index contributed by atoms with van der Waals surface area (Å²) in [5.41, 5.74) is 2.09. The number of rotatable bonds is 3. The van der Waals surface area contributed by atoms with Crippen molar-refractivity contribution in [3.63, 3.8) is 0 Å². The van der Waals surface area contributed by atoms with Crippen molar-refractivity contribution in [2.75, 3.05) is 0 Å². The third-order valence-corrected chi connectivity index (χ3v) is 2.81. The third-order valence-electron chi connectivity index (χ3n) is 2.81. The fourth-order valence-electron chi connectivity index (χ4n) is 1.91. The highest BCUT2D eigenvalue weighted by atomic mass is 16.5. The second kappa shape index (κ2) is 5.36. The van der Waals surface area contributed by atoms with Crippen molar-refractivity contribution in [1.29, 1.82) is 0 Å². The number of ether oxygens (including phenoxy) is 1. The van der Waals surface area contributed by atoms with Crippen LogP contribution in [0.5, 0.6) is 11.6 Å². The van der Waals surface area contributed by atoms with E-state index in [1.54, 1.807) is 6.20 Å². The van der Waals surface area contributed by atoms with Gasteiger partial charge in [-0.25, -0.2) is 4.98 Å². The van der Waals surface area contributed by atoms with Gasteiger partial charge in [0, 0.05) is 11.8 Å². The first kappa shape index (κ1) is 11.5. The quantitative estimate of drug-likeness (QED) is 0.677. The molecule has 0 aliphatic heterocycles. The number of hydrogen-bond acceptors (Lipinski definition) is 2. The van der Waals surface area contributed by atoms with Crippen LogP contribution in [-0.4, -0.2) is 4.98 Å². The molecule has 3 aromatic rings. The summed E-state index contributed by atoms with van der Waals surface area (Å²) in [6.45, 7) is 0. The first-order valence-electron chi connectivity index (χ1n) is 6.17. The average Bonchev–Trinajstić information content (AvgIpc) is 2.50. The Balaban J connectivity index is 1.99. The smallest absolute Gasteiger partial charge is 0.227 e. The summed E-state index contributed by atoms with van der Waals surface area (Å²) in [4.78, 5) is 4.33. The lowest BCUT2D eigenvalue weighted by atomic mass is 10.1. The summed E-state index contributed by atoms with van der Waals surface area (Å²) >= 11 is 0. The van der Waals surface area contributed by atoms with Crippen LogP contribution in [0.1, 0.15) is 0 Å². The number of benzene rings is 2. The molecule has 1 aromatic heterocycles. The van der Waals surface area contributed by atoms with Crippen LogP contribution in [-0.2, 0) is 0 Å². The summed E-state index contributed by atoms with van der Waals surface area (Å²) in [6, 6.07) is 23.7. The Labute approximate surface area is 112 Å². The average molecular weight is 247 g/mol. The van der Waals surface area contributed by atoms with E-state index in [0.29, 0.717) is 5.88 Å². The van der Waals surface area contributed by atoms with Crippen LogP contribution in [0.4, 0.5) is 0 Å². The molecule has 0 radical (unpaired) electrons. The molecule has 2 heteroatoms. The van der Waals surface area contributed by atoms with Crippen LogP contribution in [0.2, 0.25) is 0 Å². The second-order valence-corrected chi connectivity index (χ2v) is 4.14. The predicted octanol–water partition coefficient (Wildman–Crippen LogP) is 4.54. The zero-order valence-electron chi connectivity index (χ0n) is 10.4.